The summed E-state index contributed by atoms with van der Waals surface area (Å²) in [5.74, 6) is -0.0978. The van der Waals surface area contributed by atoms with E-state index in [1.165, 1.54) is 11.3 Å². The Morgan fingerprint density at radius 1 is 1.12 bits per heavy atom. The molecule has 5 nitrogen and oxygen atoms in total. The quantitative estimate of drug-likeness (QED) is 0.698. The van der Waals surface area contributed by atoms with E-state index in [9.17, 15) is 4.79 Å². The molecule has 1 amide bonds. The average Bonchev–Trinajstić information content (AvgIpc) is 3.09. The smallest absolute Gasteiger partial charge is 0.243 e. The van der Waals surface area contributed by atoms with Crippen LogP contribution in [-0.4, -0.2) is 29.7 Å². The van der Waals surface area contributed by atoms with Gasteiger partial charge in [0.1, 0.15) is 0 Å². The third-order valence-electron chi connectivity index (χ3n) is 3.97. The number of hydrogen-bond donors (Lipinski definition) is 1. The number of aromatic nitrogens is 2. The van der Waals surface area contributed by atoms with Crippen LogP contribution in [0.15, 0.2) is 42.5 Å². The van der Waals surface area contributed by atoms with E-state index in [2.05, 4.69) is 15.5 Å². The maximum Gasteiger partial charge on any atom is 0.243 e. The minimum Gasteiger partial charge on any atom is -0.340 e. The Balaban J connectivity index is 1.70. The molecule has 7 heteroatoms. The predicted octanol–water partition coefficient (Wildman–Crippen LogP) is 4.55. The Hall–Kier alpha value is -2.44. The van der Waals surface area contributed by atoms with E-state index in [0.717, 1.165) is 27.4 Å². The zero-order valence-corrected chi connectivity index (χ0v) is 16.4. The number of likely N-dealkylation sites (N-methyl/N-ethyl adjacent to an activating group) is 1. The second kappa shape index (κ2) is 7.85. The van der Waals surface area contributed by atoms with Gasteiger partial charge in [0.15, 0.2) is 5.01 Å². The van der Waals surface area contributed by atoms with Gasteiger partial charge in [-0.15, -0.1) is 10.2 Å². The number of hydrogen-bond acceptors (Lipinski definition) is 5. The van der Waals surface area contributed by atoms with Gasteiger partial charge in [0.05, 0.1) is 11.6 Å². The first kappa shape index (κ1) is 18.4. The highest BCUT2D eigenvalue weighted by Gasteiger charge is 2.15. The lowest BCUT2D eigenvalue weighted by Gasteiger charge is -2.16. The molecule has 3 aromatic rings. The number of rotatable bonds is 5. The SMILES string of the molecule is Cc1cccc(C)c1NC(=O)CN(C)c1nnc(-c2ccccc2Cl)s1. The highest BCUT2D eigenvalue weighted by atomic mass is 35.5. The summed E-state index contributed by atoms with van der Waals surface area (Å²) in [7, 11) is 1.82. The molecule has 0 unspecified atom stereocenters. The number of para-hydroxylation sites is 1. The average molecular weight is 387 g/mol. The lowest BCUT2D eigenvalue weighted by molar-refractivity contribution is -0.114. The van der Waals surface area contributed by atoms with Gasteiger partial charge in [0.25, 0.3) is 0 Å². The van der Waals surface area contributed by atoms with Gasteiger partial charge in [0.2, 0.25) is 11.0 Å². The highest BCUT2D eigenvalue weighted by molar-refractivity contribution is 7.18. The van der Waals surface area contributed by atoms with E-state index in [0.29, 0.717) is 10.2 Å². The van der Waals surface area contributed by atoms with E-state index in [1.807, 2.05) is 63.4 Å². The molecular formula is C19H19ClN4OS. The molecule has 0 aliphatic rings. The van der Waals surface area contributed by atoms with E-state index < -0.39 is 0 Å². The van der Waals surface area contributed by atoms with Crippen molar-refractivity contribution in [1.82, 2.24) is 10.2 Å². The lowest BCUT2D eigenvalue weighted by Crippen LogP contribution is -2.30. The van der Waals surface area contributed by atoms with E-state index >= 15 is 0 Å². The van der Waals surface area contributed by atoms with Crippen LogP contribution in [0.4, 0.5) is 10.8 Å². The van der Waals surface area contributed by atoms with Crippen molar-refractivity contribution in [2.45, 2.75) is 13.8 Å². The summed E-state index contributed by atoms with van der Waals surface area (Å²) in [6.45, 7) is 4.14. The van der Waals surface area contributed by atoms with Crippen LogP contribution in [0.2, 0.25) is 5.02 Å². The van der Waals surface area contributed by atoms with Crippen LogP contribution in [0.1, 0.15) is 11.1 Å². The van der Waals surface area contributed by atoms with E-state index in [4.69, 9.17) is 11.6 Å². The van der Waals surface area contributed by atoms with Crippen LogP contribution in [0.5, 0.6) is 0 Å². The Morgan fingerprint density at radius 2 is 1.81 bits per heavy atom. The maximum absolute atomic E-state index is 12.4. The summed E-state index contributed by atoms with van der Waals surface area (Å²) in [4.78, 5) is 14.2. The second-order valence-corrected chi connectivity index (χ2v) is 7.40. The van der Waals surface area contributed by atoms with Crippen molar-refractivity contribution < 1.29 is 4.79 Å². The first-order valence-corrected chi connectivity index (χ1v) is 9.30. The predicted molar refractivity (Wildman–Crippen MR) is 108 cm³/mol. The molecule has 0 aliphatic heterocycles. The zero-order valence-electron chi connectivity index (χ0n) is 14.8. The van der Waals surface area contributed by atoms with Gasteiger partial charge in [-0.05, 0) is 31.0 Å². The van der Waals surface area contributed by atoms with E-state index in [-0.39, 0.29) is 12.5 Å². The van der Waals surface area contributed by atoms with Crippen LogP contribution in [-0.2, 0) is 4.79 Å². The molecule has 134 valence electrons. The van der Waals surface area contributed by atoms with Crippen molar-refractivity contribution >= 4 is 39.7 Å². The maximum atomic E-state index is 12.4. The number of anilines is 2. The zero-order chi connectivity index (χ0) is 18.7. The van der Waals surface area contributed by atoms with Gasteiger partial charge < -0.3 is 10.2 Å². The molecule has 0 bridgehead atoms. The molecule has 0 saturated carbocycles. The van der Waals surface area contributed by atoms with E-state index in [1.54, 1.807) is 4.90 Å². The Morgan fingerprint density at radius 3 is 2.50 bits per heavy atom. The first-order valence-electron chi connectivity index (χ1n) is 8.11. The van der Waals surface area contributed by atoms with Crippen LogP contribution in [0.3, 0.4) is 0 Å². The molecule has 2 aromatic carbocycles. The highest BCUT2D eigenvalue weighted by Crippen LogP contribution is 2.32. The standard InChI is InChI=1S/C19H19ClN4OS/c1-12-7-6-8-13(2)17(12)21-16(25)11-24(3)19-23-22-18(26-19)14-9-4-5-10-15(14)20/h4-10H,11H2,1-3H3,(H,21,25). The Kier molecular flexibility index (Phi) is 5.54. The van der Waals surface area contributed by atoms with Crippen molar-refractivity contribution in [3.8, 4) is 10.6 Å². The lowest BCUT2D eigenvalue weighted by atomic mass is 10.1. The number of benzene rings is 2. The fourth-order valence-corrected chi connectivity index (χ4v) is 3.71. The molecule has 26 heavy (non-hydrogen) atoms. The molecule has 0 aliphatic carbocycles. The molecular weight excluding hydrogens is 368 g/mol. The van der Waals surface area contributed by atoms with Crippen molar-refractivity contribution in [1.29, 1.82) is 0 Å². The summed E-state index contributed by atoms with van der Waals surface area (Å²) in [6.07, 6.45) is 0. The van der Waals surface area contributed by atoms with Gasteiger partial charge in [-0.2, -0.15) is 0 Å². The van der Waals surface area contributed by atoms with Crippen LogP contribution < -0.4 is 10.2 Å². The molecule has 0 fully saturated rings. The van der Waals surface area contributed by atoms with Gasteiger partial charge in [-0.25, -0.2) is 0 Å². The Labute approximate surface area is 161 Å². The fourth-order valence-electron chi connectivity index (χ4n) is 2.59. The molecule has 1 N–H and O–H groups in total. The third-order valence-corrected chi connectivity index (χ3v) is 5.37. The number of nitrogens with zero attached hydrogens (tertiary/aromatic N) is 3. The van der Waals surface area contributed by atoms with Gasteiger partial charge in [0, 0.05) is 18.3 Å². The monoisotopic (exact) mass is 386 g/mol. The van der Waals surface area contributed by atoms with Crippen LogP contribution in [0.25, 0.3) is 10.6 Å². The summed E-state index contributed by atoms with van der Waals surface area (Å²) < 4.78 is 0. The molecule has 1 heterocycles. The molecule has 0 saturated heterocycles. The van der Waals surface area contributed by atoms with Gasteiger partial charge in [-0.1, -0.05) is 59.3 Å². The molecule has 3 rings (SSSR count). The summed E-state index contributed by atoms with van der Waals surface area (Å²) in [6, 6.07) is 13.4. The second-order valence-electron chi connectivity index (χ2n) is 6.04. The number of amides is 1. The van der Waals surface area contributed by atoms with Crippen LogP contribution >= 0.6 is 22.9 Å². The number of carbonyl (C=O) groups excluding carboxylic acids is 1. The van der Waals surface area contributed by atoms with Crippen LogP contribution in [0, 0.1) is 13.8 Å². The van der Waals surface area contributed by atoms with Gasteiger partial charge >= 0.3 is 0 Å². The van der Waals surface area contributed by atoms with Crippen molar-refractivity contribution in [2.75, 3.05) is 23.8 Å². The Bertz CT molecular complexity index is 921. The largest absolute Gasteiger partial charge is 0.340 e. The minimum absolute atomic E-state index is 0.0978. The van der Waals surface area contributed by atoms with Gasteiger partial charge in [-0.3, -0.25) is 4.79 Å². The normalized spacial score (nSPS) is 10.6. The molecule has 1 aromatic heterocycles. The topological polar surface area (TPSA) is 58.1 Å². The fraction of sp³-hybridized carbons (Fsp3) is 0.211. The molecule has 0 spiro atoms. The molecule has 0 radical (unpaired) electrons. The number of aryl methyl sites for hydroxylation is 2. The first-order chi connectivity index (χ1) is 12.5. The summed E-state index contributed by atoms with van der Waals surface area (Å²) >= 11 is 7.62. The number of carbonyl (C=O) groups is 1. The van der Waals surface area contributed by atoms with Crippen molar-refractivity contribution in [3.63, 3.8) is 0 Å². The minimum atomic E-state index is -0.0978. The summed E-state index contributed by atoms with van der Waals surface area (Å²) in [5, 5.41) is 13.4. The van der Waals surface area contributed by atoms with Crippen molar-refractivity contribution in [2.24, 2.45) is 0 Å². The molecule has 0 atom stereocenters. The number of halogens is 1. The van der Waals surface area contributed by atoms with Crippen molar-refractivity contribution in [3.05, 3.63) is 58.6 Å². The summed E-state index contributed by atoms with van der Waals surface area (Å²) in [5.41, 5.74) is 3.78. The third kappa shape index (κ3) is 4.03. The number of nitrogens with one attached hydrogen (secondary N) is 1.